The highest BCUT2D eigenvalue weighted by molar-refractivity contribution is 6.64. The number of benzene rings is 2. The first kappa shape index (κ1) is 17.5. The summed E-state index contributed by atoms with van der Waals surface area (Å²) in [6, 6.07) is 20.3. The highest BCUT2D eigenvalue weighted by Crippen LogP contribution is 2.08. The molecule has 0 saturated carbocycles. The van der Waals surface area contributed by atoms with Gasteiger partial charge >= 0.3 is 8.56 Å². The zero-order chi connectivity index (χ0) is 16.4. The van der Waals surface area contributed by atoms with Crippen molar-refractivity contribution in [1.29, 1.82) is 0 Å². The Morgan fingerprint density at radius 3 is 1.48 bits per heavy atom. The molecule has 2 aromatic rings. The average Bonchev–Trinajstić information content (AvgIpc) is 2.58. The van der Waals surface area contributed by atoms with Gasteiger partial charge < -0.3 is 19.5 Å². The monoisotopic (exact) mass is 330 g/mol. The van der Waals surface area contributed by atoms with E-state index in [1.165, 1.54) is 0 Å². The van der Waals surface area contributed by atoms with Gasteiger partial charge in [0.15, 0.2) is 0 Å². The zero-order valence-electron chi connectivity index (χ0n) is 13.9. The summed E-state index contributed by atoms with van der Waals surface area (Å²) in [4.78, 5) is 0. The van der Waals surface area contributed by atoms with E-state index in [4.69, 9.17) is 8.85 Å². The molecular weight excluding hydrogens is 304 g/mol. The van der Waals surface area contributed by atoms with E-state index < -0.39 is 8.56 Å². The highest BCUT2D eigenvalue weighted by atomic mass is 28.4. The van der Waals surface area contributed by atoms with Gasteiger partial charge in [0.2, 0.25) is 0 Å². The topological polar surface area (TPSA) is 42.5 Å². The van der Waals surface area contributed by atoms with Crippen LogP contribution in [0.2, 0.25) is 13.1 Å². The molecule has 124 valence electrons. The summed E-state index contributed by atoms with van der Waals surface area (Å²) < 4.78 is 11.9. The number of nitrogens with one attached hydrogen (secondary N) is 2. The lowest BCUT2D eigenvalue weighted by Crippen LogP contribution is -2.37. The van der Waals surface area contributed by atoms with Gasteiger partial charge in [0, 0.05) is 24.5 Å². The number of para-hydroxylation sites is 2. The van der Waals surface area contributed by atoms with Crippen LogP contribution < -0.4 is 10.6 Å². The van der Waals surface area contributed by atoms with Crippen molar-refractivity contribution in [2.45, 2.75) is 13.1 Å². The fraction of sp³-hybridized carbons (Fsp3) is 0.333. The van der Waals surface area contributed by atoms with Crippen LogP contribution in [0.4, 0.5) is 11.4 Å². The molecule has 0 unspecified atom stereocenters. The predicted octanol–water partition coefficient (Wildman–Crippen LogP) is 3.95. The van der Waals surface area contributed by atoms with Crippen molar-refractivity contribution in [3.05, 3.63) is 60.7 Å². The van der Waals surface area contributed by atoms with Gasteiger partial charge in [0.05, 0.1) is 13.2 Å². The minimum absolute atomic E-state index is 0.653. The normalized spacial score (nSPS) is 11.2. The van der Waals surface area contributed by atoms with Gasteiger partial charge in [-0.2, -0.15) is 0 Å². The third-order valence-corrected chi connectivity index (χ3v) is 5.11. The maximum Gasteiger partial charge on any atom is 0.331 e. The molecule has 0 saturated heterocycles. The largest absolute Gasteiger partial charge is 0.393 e. The third-order valence-electron chi connectivity index (χ3n) is 3.31. The molecule has 0 fully saturated rings. The lowest BCUT2D eigenvalue weighted by Gasteiger charge is -2.23. The maximum atomic E-state index is 5.93. The summed E-state index contributed by atoms with van der Waals surface area (Å²) in [5.41, 5.74) is 2.23. The maximum absolute atomic E-state index is 5.93. The molecule has 0 atom stereocenters. The van der Waals surface area contributed by atoms with Gasteiger partial charge in [0.1, 0.15) is 0 Å². The van der Waals surface area contributed by atoms with Crippen molar-refractivity contribution in [1.82, 2.24) is 0 Å². The molecule has 0 spiro atoms. The Labute approximate surface area is 140 Å². The van der Waals surface area contributed by atoms with Crippen LogP contribution in [-0.4, -0.2) is 34.9 Å². The molecule has 0 aliphatic rings. The molecule has 2 aromatic carbocycles. The van der Waals surface area contributed by atoms with Gasteiger partial charge in [-0.05, 0) is 37.4 Å². The number of hydrogen-bond donors (Lipinski definition) is 2. The lowest BCUT2D eigenvalue weighted by molar-refractivity contribution is 0.191. The van der Waals surface area contributed by atoms with Gasteiger partial charge in [-0.3, -0.25) is 0 Å². The lowest BCUT2D eigenvalue weighted by atomic mass is 10.3. The van der Waals surface area contributed by atoms with E-state index in [-0.39, 0.29) is 0 Å². The highest BCUT2D eigenvalue weighted by Gasteiger charge is 2.23. The summed E-state index contributed by atoms with van der Waals surface area (Å²) in [6.07, 6.45) is 0. The second-order valence-corrected chi connectivity index (χ2v) is 9.06. The Morgan fingerprint density at radius 1 is 0.696 bits per heavy atom. The molecule has 0 bridgehead atoms. The quantitative estimate of drug-likeness (QED) is 0.511. The smallest absolute Gasteiger partial charge is 0.331 e. The van der Waals surface area contributed by atoms with Crippen LogP contribution in [0.25, 0.3) is 0 Å². The summed E-state index contributed by atoms with van der Waals surface area (Å²) in [5.74, 6) is 0. The van der Waals surface area contributed by atoms with Gasteiger partial charge in [-0.15, -0.1) is 0 Å². The van der Waals surface area contributed by atoms with Crippen LogP contribution in [0.1, 0.15) is 0 Å². The first-order valence-corrected chi connectivity index (χ1v) is 10.8. The standard InChI is InChI=1S/C18H26N2O2Si/c1-23(2,21-15-13-19-17-9-5-3-6-10-17)22-16-14-20-18-11-7-4-8-12-18/h3-12,19-20H,13-16H2,1-2H3. The molecule has 5 heteroatoms. The Morgan fingerprint density at radius 2 is 1.09 bits per heavy atom. The minimum Gasteiger partial charge on any atom is -0.393 e. The number of anilines is 2. The van der Waals surface area contributed by atoms with Gasteiger partial charge in [-0.25, -0.2) is 0 Å². The van der Waals surface area contributed by atoms with Crippen LogP contribution in [0.15, 0.2) is 60.7 Å². The van der Waals surface area contributed by atoms with Crippen molar-refractivity contribution >= 4 is 19.9 Å². The van der Waals surface area contributed by atoms with Crippen LogP contribution in [0, 0.1) is 0 Å². The Bertz CT molecular complexity index is 500. The zero-order valence-corrected chi connectivity index (χ0v) is 14.9. The van der Waals surface area contributed by atoms with Gasteiger partial charge in [-0.1, -0.05) is 36.4 Å². The average molecular weight is 331 g/mol. The van der Waals surface area contributed by atoms with Crippen molar-refractivity contribution in [2.24, 2.45) is 0 Å². The molecule has 0 aliphatic heterocycles. The SMILES string of the molecule is C[Si](C)(OCCNc1ccccc1)OCCNc1ccccc1. The molecule has 0 radical (unpaired) electrons. The summed E-state index contributed by atoms with van der Waals surface area (Å²) >= 11 is 0. The van der Waals surface area contributed by atoms with Crippen molar-refractivity contribution in [3.63, 3.8) is 0 Å². The second-order valence-electron chi connectivity index (χ2n) is 5.68. The predicted molar refractivity (Wildman–Crippen MR) is 99.2 cm³/mol. The molecule has 0 heterocycles. The Balaban J connectivity index is 1.57. The molecule has 23 heavy (non-hydrogen) atoms. The van der Waals surface area contributed by atoms with E-state index in [2.05, 4.69) is 23.7 Å². The van der Waals surface area contributed by atoms with Crippen LogP contribution in [0.5, 0.6) is 0 Å². The van der Waals surface area contributed by atoms with Gasteiger partial charge in [0.25, 0.3) is 0 Å². The fourth-order valence-electron chi connectivity index (χ4n) is 2.14. The summed E-state index contributed by atoms with van der Waals surface area (Å²) in [7, 11) is -2.06. The minimum atomic E-state index is -2.06. The molecule has 0 aliphatic carbocycles. The Kier molecular flexibility index (Phi) is 7.12. The first-order chi connectivity index (χ1) is 11.2. The Hall–Kier alpha value is -1.82. The van der Waals surface area contributed by atoms with E-state index in [0.29, 0.717) is 13.2 Å². The molecule has 0 aromatic heterocycles. The third kappa shape index (κ3) is 7.32. The van der Waals surface area contributed by atoms with E-state index in [1.807, 2.05) is 60.7 Å². The first-order valence-electron chi connectivity index (χ1n) is 8.01. The van der Waals surface area contributed by atoms with E-state index >= 15 is 0 Å². The van der Waals surface area contributed by atoms with Crippen molar-refractivity contribution in [3.8, 4) is 0 Å². The van der Waals surface area contributed by atoms with Crippen molar-refractivity contribution < 1.29 is 8.85 Å². The van der Waals surface area contributed by atoms with Crippen molar-refractivity contribution in [2.75, 3.05) is 36.9 Å². The van der Waals surface area contributed by atoms with Crippen LogP contribution in [0.3, 0.4) is 0 Å². The van der Waals surface area contributed by atoms with E-state index in [9.17, 15) is 0 Å². The van der Waals surface area contributed by atoms with Crippen LogP contribution in [-0.2, 0) is 8.85 Å². The molecule has 2 rings (SSSR count). The molecule has 0 amide bonds. The molecule has 2 N–H and O–H groups in total. The molecular formula is C18H26N2O2Si. The fourth-order valence-corrected chi connectivity index (χ4v) is 3.41. The van der Waals surface area contributed by atoms with E-state index in [0.717, 1.165) is 24.5 Å². The number of hydrogen-bond acceptors (Lipinski definition) is 4. The van der Waals surface area contributed by atoms with E-state index in [1.54, 1.807) is 0 Å². The second kappa shape index (κ2) is 9.35. The van der Waals surface area contributed by atoms with Crippen LogP contribution >= 0.6 is 0 Å². The summed E-state index contributed by atoms with van der Waals surface area (Å²) in [6.45, 7) is 7.04. The summed E-state index contributed by atoms with van der Waals surface area (Å²) in [5, 5.41) is 6.67. The molecule has 4 nitrogen and oxygen atoms in total. The number of rotatable bonds is 10.